The normalized spacial score (nSPS) is 24.4. The minimum atomic E-state index is -0.864. The largest absolute Gasteiger partial charge is 0.344 e. The van der Waals surface area contributed by atoms with Crippen molar-refractivity contribution < 1.29 is 9.53 Å². The third kappa shape index (κ3) is 1.20. The Bertz CT molecular complexity index is 659. The zero-order valence-electron chi connectivity index (χ0n) is 10.1. The molecule has 1 atom stereocenters. The van der Waals surface area contributed by atoms with Crippen LogP contribution in [0.4, 0.5) is 0 Å². The second-order valence-electron chi connectivity index (χ2n) is 4.59. The van der Waals surface area contributed by atoms with Gasteiger partial charge in [0.05, 0.1) is 6.61 Å². The molecule has 5 heteroatoms. The van der Waals surface area contributed by atoms with E-state index in [-0.39, 0.29) is 5.91 Å². The highest BCUT2D eigenvalue weighted by atomic mass is 16.5. The maximum atomic E-state index is 12.5. The molecule has 0 spiro atoms. The van der Waals surface area contributed by atoms with E-state index in [4.69, 9.17) is 4.74 Å². The van der Waals surface area contributed by atoms with Crippen molar-refractivity contribution in [1.82, 2.24) is 14.9 Å². The molecule has 1 fully saturated rings. The Balaban J connectivity index is 2.02. The Morgan fingerprint density at radius 1 is 1.26 bits per heavy atom. The monoisotopic (exact) mass is 253 g/mol. The summed E-state index contributed by atoms with van der Waals surface area (Å²) >= 11 is 0. The van der Waals surface area contributed by atoms with Gasteiger partial charge in [-0.05, 0) is 12.1 Å². The summed E-state index contributed by atoms with van der Waals surface area (Å²) in [7, 11) is 0. The number of ether oxygens (including phenoxy) is 1. The molecule has 1 amide bonds. The zero-order valence-corrected chi connectivity index (χ0v) is 10.1. The quantitative estimate of drug-likeness (QED) is 0.765. The topological polar surface area (TPSA) is 55.3 Å². The zero-order chi connectivity index (χ0) is 12.9. The second-order valence-corrected chi connectivity index (χ2v) is 4.59. The lowest BCUT2D eigenvalue weighted by Gasteiger charge is -2.30. The lowest BCUT2D eigenvalue weighted by molar-refractivity contribution is -0.0337. The molecule has 1 saturated heterocycles. The standard InChI is InChI=1S/C14H11N3O2/c18-13-10-3-1-2-4-11(10)14(17(13)7-8-19-14)12-5-6-15-9-16-12/h1-6,9H,7-8H2. The Labute approximate surface area is 109 Å². The molecule has 5 nitrogen and oxygen atoms in total. The number of rotatable bonds is 1. The fourth-order valence-electron chi connectivity index (χ4n) is 2.94. The van der Waals surface area contributed by atoms with Crippen LogP contribution in [-0.4, -0.2) is 33.9 Å². The number of amides is 1. The van der Waals surface area contributed by atoms with Crippen molar-refractivity contribution in [1.29, 1.82) is 0 Å². The van der Waals surface area contributed by atoms with Crippen molar-refractivity contribution >= 4 is 5.91 Å². The summed E-state index contributed by atoms with van der Waals surface area (Å²) in [6.45, 7) is 1.10. The number of carbonyl (C=O) groups is 1. The van der Waals surface area contributed by atoms with E-state index < -0.39 is 5.72 Å². The molecule has 4 rings (SSSR count). The van der Waals surface area contributed by atoms with Crippen LogP contribution < -0.4 is 0 Å². The van der Waals surface area contributed by atoms with E-state index in [9.17, 15) is 4.79 Å². The maximum Gasteiger partial charge on any atom is 0.257 e. The van der Waals surface area contributed by atoms with Gasteiger partial charge in [-0.25, -0.2) is 9.97 Å². The van der Waals surface area contributed by atoms with Gasteiger partial charge in [0.1, 0.15) is 12.0 Å². The van der Waals surface area contributed by atoms with Gasteiger partial charge in [0.25, 0.3) is 5.91 Å². The van der Waals surface area contributed by atoms with Crippen LogP contribution >= 0.6 is 0 Å². The highest BCUT2D eigenvalue weighted by Crippen LogP contribution is 2.46. The predicted molar refractivity (Wildman–Crippen MR) is 66.2 cm³/mol. The number of hydrogen-bond acceptors (Lipinski definition) is 4. The van der Waals surface area contributed by atoms with Gasteiger partial charge >= 0.3 is 0 Å². The molecule has 1 aromatic carbocycles. The van der Waals surface area contributed by atoms with Gasteiger partial charge in [-0.2, -0.15) is 0 Å². The number of hydrogen-bond donors (Lipinski definition) is 0. The first-order valence-corrected chi connectivity index (χ1v) is 6.16. The van der Waals surface area contributed by atoms with E-state index in [1.165, 1.54) is 6.33 Å². The summed E-state index contributed by atoms with van der Waals surface area (Å²) < 4.78 is 5.96. The fourth-order valence-corrected chi connectivity index (χ4v) is 2.94. The molecule has 2 aromatic rings. The Kier molecular flexibility index (Phi) is 2.02. The summed E-state index contributed by atoms with van der Waals surface area (Å²) in [6.07, 6.45) is 3.15. The summed E-state index contributed by atoms with van der Waals surface area (Å²) in [6, 6.07) is 9.35. The molecule has 2 aliphatic rings. The molecular weight excluding hydrogens is 242 g/mol. The van der Waals surface area contributed by atoms with Gasteiger partial charge in [-0.1, -0.05) is 18.2 Å². The minimum absolute atomic E-state index is 0.00622. The van der Waals surface area contributed by atoms with E-state index in [1.807, 2.05) is 24.3 Å². The van der Waals surface area contributed by atoms with Gasteiger partial charge in [-0.3, -0.25) is 9.69 Å². The first kappa shape index (κ1) is 10.6. The van der Waals surface area contributed by atoms with Crippen LogP contribution in [0.1, 0.15) is 21.6 Å². The third-order valence-electron chi connectivity index (χ3n) is 3.70. The van der Waals surface area contributed by atoms with E-state index in [1.54, 1.807) is 17.2 Å². The molecule has 0 aliphatic carbocycles. The van der Waals surface area contributed by atoms with Crippen molar-refractivity contribution in [3.8, 4) is 0 Å². The first-order valence-electron chi connectivity index (χ1n) is 6.16. The number of carbonyl (C=O) groups excluding carboxylic acids is 1. The van der Waals surface area contributed by atoms with E-state index in [0.29, 0.717) is 24.4 Å². The number of nitrogens with zero attached hydrogens (tertiary/aromatic N) is 3. The Morgan fingerprint density at radius 2 is 2.16 bits per heavy atom. The SMILES string of the molecule is O=C1c2ccccc2C2(c3ccncn3)OCCN12. The molecule has 19 heavy (non-hydrogen) atoms. The van der Waals surface area contributed by atoms with Crippen molar-refractivity contribution in [2.45, 2.75) is 5.72 Å². The van der Waals surface area contributed by atoms with Gasteiger partial charge in [0.2, 0.25) is 5.72 Å². The lowest BCUT2D eigenvalue weighted by Crippen LogP contribution is -2.41. The summed E-state index contributed by atoms with van der Waals surface area (Å²) in [5, 5.41) is 0. The third-order valence-corrected chi connectivity index (χ3v) is 3.70. The van der Waals surface area contributed by atoms with E-state index >= 15 is 0 Å². The Morgan fingerprint density at radius 3 is 3.00 bits per heavy atom. The van der Waals surface area contributed by atoms with Crippen LogP contribution in [0.5, 0.6) is 0 Å². The van der Waals surface area contributed by atoms with Gasteiger partial charge in [0, 0.05) is 23.9 Å². The summed E-state index contributed by atoms with van der Waals surface area (Å²) in [5.74, 6) is 0.00622. The molecule has 3 heterocycles. The molecule has 1 unspecified atom stereocenters. The van der Waals surface area contributed by atoms with Crippen LogP contribution in [0.2, 0.25) is 0 Å². The molecule has 0 N–H and O–H groups in total. The number of fused-ring (bicyclic) bond motifs is 3. The lowest BCUT2D eigenvalue weighted by atomic mass is 9.98. The number of aromatic nitrogens is 2. The van der Waals surface area contributed by atoms with Crippen molar-refractivity contribution in [2.24, 2.45) is 0 Å². The van der Waals surface area contributed by atoms with Gasteiger partial charge in [0.15, 0.2) is 0 Å². The van der Waals surface area contributed by atoms with Crippen LogP contribution in [-0.2, 0) is 10.5 Å². The first-order chi connectivity index (χ1) is 9.34. The molecule has 0 radical (unpaired) electrons. The van der Waals surface area contributed by atoms with Crippen LogP contribution in [0, 0.1) is 0 Å². The molecule has 94 valence electrons. The molecule has 0 saturated carbocycles. The summed E-state index contributed by atoms with van der Waals surface area (Å²) in [5.41, 5.74) is 1.41. The van der Waals surface area contributed by atoms with E-state index in [2.05, 4.69) is 9.97 Å². The maximum absolute atomic E-state index is 12.5. The highest BCUT2D eigenvalue weighted by Gasteiger charge is 2.55. The predicted octanol–water partition coefficient (Wildman–Crippen LogP) is 1.16. The number of benzene rings is 1. The van der Waals surface area contributed by atoms with Gasteiger partial charge < -0.3 is 4.74 Å². The van der Waals surface area contributed by atoms with Crippen molar-refractivity contribution in [3.63, 3.8) is 0 Å². The van der Waals surface area contributed by atoms with Crippen LogP contribution in [0.25, 0.3) is 0 Å². The molecule has 1 aromatic heterocycles. The average Bonchev–Trinajstić information content (AvgIpc) is 3.01. The molecule has 0 bridgehead atoms. The van der Waals surface area contributed by atoms with Crippen molar-refractivity contribution in [3.05, 3.63) is 59.7 Å². The Hall–Kier alpha value is -2.27. The van der Waals surface area contributed by atoms with Crippen LogP contribution in [0.15, 0.2) is 42.9 Å². The molecule has 2 aliphatic heterocycles. The van der Waals surface area contributed by atoms with Crippen LogP contribution in [0.3, 0.4) is 0 Å². The average molecular weight is 253 g/mol. The van der Waals surface area contributed by atoms with Gasteiger partial charge in [-0.15, -0.1) is 0 Å². The smallest absolute Gasteiger partial charge is 0.257 e. The highest BCUT2D eigenvalue weighted by molar-refractivity contribution is 6.00. The second kappa shape index (κ2) is 3.61. The molecular formula is C14H11N3O2. The summed E-state index contributed by atoms with van der Waals surface area (Å²) in [4.78, 5) is 22.4. The van der Waals surface area contributed by atoms with Crippen molar-refractivity contribution in [2.75, 3.05) is 13.2 Å². The van der Waals surface area contributed by atoms with E-state index in [0.717, 1.165) is 5.56 Å². The minimum Gasteiger partial charge on any atom is -0.344 e. The fraction of sp³-hybridized carbons (Fsp3) is 0.214.